The van der Waals surface area contributed by atoms with Crippen LogP contribution in [0.15, 0.2) is 0 Å². The highest BCUT2D eigenvalue weighted by atomic mass is 16.4. The summed E-state index contributed by atoms with van der Waals surface area (Å²) in [6, 6.07) is 0. The zero-order valence-electron chi connectivity index (χ0n) is 10.7. The molecule has 1 saturated carbocycles. The second kappa shape index (κ2) is 6.18. The maximum Gasteiger partial charge on any atom is 0.306 e. The molecule has 1 aliphatic carbocycles. The summed E-state index contributed by atoms with van der Waals surface area (Å²) < 4.78 is 0. The molecule has 1 saturated heterocycles. The smallest absolute Gasteiger partial charge is 0.306 e. The molecule has 0 aromatic carbocycles. The Kier molecular flexibility index (Phi) is 4.58. The Hall–Kier alpha value is -1.10. The third-order valence-corrected chi connectivity index (χ3v) is 4.07. The summed E-state index contributed by atoms with van der Waals surface area (Å²) in [4.78, 5) is 22.9. The fourth-order valence-corrected chi connectivity index (χ4v) is 2.86. The first-order chi connectivity index (χ1) is 8.66. The molecule has 0 unspecified atom stereocenters. The fraction of sp³-hybridized carbons (Fsp3) is 0.846. The maximum atomic E-state index is 12.0. The van der Waals surface area contributed by atoms with Crippen LogP contribution in [0.2, 0.25) is 0 Å². The molecular weight excluding hydrogens is 232 g/mol. The molecule has 1 amide bonds. The summed E-state index contributed by atoms with van der Waals surface area (Å²) >= 11 is 0. The molecule has 0 aromatic rings. The fourth-order valence-electron chi connectivity index (χ4n) is 2.86. The van der Waals surface area contributed by atoms with E-state index in [-0.39, 0.29) is 17.7 Å². The first-order valence-electron chi connectivity index (χ1n) is 6.95. The molecule has 0 radical (unpaired) electrons. The number of piperidine rings is 1. The molecule has 18 heavy (non-hydrogen) atoms. The molecular formula is C13H22N2O3. The lowest BCUT2D eigenvalue weighted by Crippen LogP contribution is -2.48. The van der Waals surface area contributed by atoms with E-state index in [4.69, 9.17) is 5.11 Å². The van der Waals surface area contributed by atoms with Gasteiger partial charge in [-0.05, 0) is 38.5 Å². The highest BCUT2D eigenvalue weighted by Crippen LogP contribution is 2.29. The van der Waals surface area contributed by atoms with Gasteiger partial charge in [-0.3, -0.25) is 15.0 Å². The predicted octanol–water partition coefficient (Wildman–Crippen LogP) is 1.39. The second-order valence-electron chi connectivity index (χ2n) is 5.41. The van der Waals surface area contributed by atoms with Gasteiger partial charge in [0.1, 0.15) is 0 Å². The van der Waals surface area contributed by atoms with Gasteiger partial charge in [0.05, 0.1) is 5.92 Å². The van der Waals surface area contributed by atoms with Crippen LogP contribution >= 0.6 is 0 Å². The van der Waals surface area contributed by atoms with Crippen LogP contribution < -0.4 is 5.43 Å². The van der Waals surface area contributed by atoms with Crippen molar-refractivity contribution in [2.45, 2.75) is 44.9 Å². The van der Waals surface area contributed by atoms with Gasteiger partial charge in [0.25, 0.3) is 0 Å². The standard InChI is InChI=1S/C13H22N2O3/c16-12(14-15-8-2-1-3-9-15)10-4-6-11(7-5-10)13(17)18/h10-11H,1-9H2,(H,14,16)(H,17,18). The monoisotopic (exact) mass is 254 g/mol. The minimum absolute atomic E-state index is 0.00234. The van der Waals surface area contributed by atoms with Gasteiger partial charge in [0.15, 0.2) is 0 Å². The van der Waals surface area contributed by atoms with Gasteiger partial charge in [-0.2, -0.15) is 0 Å². The third-order valence-electron chi connectivity index (χ3n) is 4.07. The van der Waals surface area contributed by atoms with Crippen molar-refractivity contribution in [2.24, 2.45) is 11.8 Å². The SMILES string of the molecule is O=C(O)C1CCC(C(=O)NN2CCCCC2)CC1. The normalized spacial score (nSPS) is 29.8. The number of carboxylic acid groups (broad SMARTS) is 1. The van der Waals surface area contributed by atoms with E-state index >= 15 is 0 Å². The average Bonchev–Trinajstić information content (AvgIpc) is 2.40. The maximum absolute atomic E-state index is 12.0. The lowest BCUT2D eigenvalue weighted by atomic mass is 9.82. The second-order valence-corrected chi connectivity index (χ2v) is 5.41. The largest absolute Gasteiger partial charge is 0.481 e. The van der Waals surface area contributed by atoms with E-state index in [0.29, 0.717) is 25.7 Å². The van der Waals surface area contributed by atoms with E-state index in [0.717, 1.165) is 25.9 Å². The first-order valence-corrected chi connectivity index (χ1v) is 6.95. The van der Waals surface area contributed by atoms with Gasteiger partial charge in [0, 0.05) is 19.0 Å². The van der Waals surface area contributed by atoms with E-state index in [1.54, 1.807) is 0 Å². The van der Waals surface area contributed by atoms with Crippen LogP contribution in [0.4, 0.5) is 0 Å². The lowest BCUT2D eigenvalue weighted by molar-refractivity contribution is -0.144. The summed E-state index contributed by atoms with van der Waals surface area (Å²) in [6.45, 7) is 1.88. The first kappa shape index (κ1) is 13.3. The number of hydrazine groups is 1. The minimum atomic E-state index is -0.718. The topological polar surface area (TPSA) is 69.6 Å². The van der Waals surface area contributed by atoms with Gasteiger partial charge in [-0.25, -0.2) is 5.01 Å². The van der Waals surface area contributed by atoms with Crippen molar-refractivity contribution in [3.63, 3.8) is 0 Å². The summed E-state index contributed by atoms with van der Waals surface area (Å²) in [7, 11) is 0. The molecule has 5 nitrogen and oxygen atoms in total. The van der Waals surface area contributed by atoms with Crippen LogP contribution in [0.25, 0.3) is 0 Å². The van der Waals surface area contributed by atoms with E-state index in [9.17, 15) is 9.59 Å². The Morgan fingerprint density at radius 3 is 2.06 bits per heavy atom. The summed E-state index contributed by atoms with van der Waals surface area (Å²) in [5.74, 6) is -0.878. The van der Waals surface area contributed by atoms with Gasteiger partial charge >= 0.3 is 5.97 Å². The molecule has 2 fully saturated rings. The number of carboxylic acids is 1. The van der Waals surface area contributed by atoms with E-state index < -0.39 is 5.97 Å². The Balaban J connectivity index is 1.75. The summed E-state index contributed by atoms with van der Waals surface area (Å²) in [5.41, 5.74) is 2.98. The van der Waals surface area contributed by atoms with Crippen molar-refractivity contribution >= 4 is 11.9 Å². The van der Waals surface area contributed by atoms with Gasteiger partial charge in [-0.1, -0.05) is 6.42 Å². The zero-order valence-corrected chi connectivity index (χ0v) is 10.7. The van der Waals surface area contributed by atoms with Crippen molar-refractivity contribution < 1.29 is 14.7 Å². The number of carbonyl (C=O) groups excluding carboxylic acids is 1. The van der Waals surface area contributed by atoms with Gasteiger partial charge in [-0.15, -0.1) is 0 Å². The van der Waals surface area contributed by atoms with Crippen molar-refractivity contribution in [1.82, 2.24) is 10.4 Å². The number of hydrogen-bond donors (Lipinski definition) is 2. The number of nitrogens with one attached hydrogen (secondary N) is 1. The highest BCUT2D eigenvalue weighted by molar-refractivity contribution is 5.78. The lowest BCUT2D eigenvalue weighted by Gasteiger charge is -2.31. The van der Waals surface area contributed by atoms with Crippen molar-refractivity contribution in [3.05, 3.63) is 0 Å². The van der Waals surface area contributed by atoms with Crippen molar-refractivity contribution in [3.8, 4) is 0 Å². The van der Waals surface area contributed by atoms with Gasteiger partial charge in [0.2, 0.25) is 5.91 Å². The third kappa shape index (κ3) is 3.45. The van der Waals surface area contributed by atoms with Crippen LogP contribution in [0, 0.1) is 11.8 Å². The number of hydrogen-bond acceptors (Lipinski definition) is 3. The average molecular weight is 254 g/mol. The molecule has 0 spiro atoms. The summed E-state index contributed by atoms with van der Waals surface area (Å²) in [5, 5.41) is 10.9. The molecule has 0 bridgehead atoms. The van der Waals surface area contributed by atoms with Gasteiger partial charge < -0.3 is 5.11 Å². The Morgan fingerprint density at radius 2 is 1.50 bits per heavy atom. The molecule has 2 aliphatic rings. The predicted molar refractivity (Wildman–Crippen MR) is 66.7 cm³/mol. The molecule has 0 atom stereocenters. The van der Waals surface area contributed by atoms with E-state index in [1.165, 1.54) is 6.42 Å². The molecule has 0 aromatic heterocycles. The van der Waals surface area contributed by atoms with E-state index in [2.05, 4.69) is 5.43 Å². The number of aliphatic carboxylic acids is 1. The zero-order chi connectivity index (χ0) is 13.0. The quantitative estimate of drug-likeness (QED) is 0.798. The Labute approximate surface area is 108 Å². The van der Waals surface area contributed by atoms with Crippen LogP contribution in [0.3, 0.4) is 0 Å². The molecule has 5 heteroatoms. The Bertz CT molecular complexity index is 305. The van der Waals surface area contributed by atoms with E-state index in [1.807, 2.05) is 5.01 Å². The molecule has 102 valence electrons. The molecule has 2 N–H and O–H groups in total. The number of carbonyl (C=O) groups is 2. The molecule has 1 heterocycles. The summed E-state index contributed by atoms with van der Waals surface area (Å²) in [6.07, 6.45) is 6.21. The van der Waals surface area contributed by atoms with Crippen LogP contribution in [-0.2, 0) is 9.59 Å². The van der Waals surface area contributed by atoms with Crippen LogP contribution in [0.1, 0.15) is 44.9 Å². The Morgan fingerprint density at radius 1 is 0.944 bits per heavy atom. The number of amides is 1. The van der Waals surface area contributed by atoms with Crippen LogP contribution in [-0.4, -0.2) is 35.1 Å². The highest BCUT2D eigenvalue weighted by Gasteiger charge is 2.30. The van der Waals surface area contributed by atoms with Crippen LogP contribution in [0.5, 0.6) is 0 Å². The van der Waals surface area contributed by atoms with Crippen molar-refractivity contribution in [2.75, 3.05) is 13.1 Å². The minimum Gasteiger partial charge on any atom is -0.481 e. The molecule has 1 aliphatic heterocycles. The van der Waals surface area contributed by atoms with Crippen molar-refractivity contribution in [1.29, 1.82) is 0 Å². The number of rotatable bonds is 3. The molecule has 2 rings (SSSR count). The number of nitrogens with zero attached hydrogens (tertiary/aromatic N) is 1.